The highest BCUT2D eigenvalue weighted by molar-refractivity contribution is 7.89. The number of fused-ring (bicyclic) bond motifs is 1. The maximum absolute atomic E-state index is 12.5. The standard InChI is InChI=1S/C15H24N2O2S/c1-11(2)15(8-9-16)17-20(18,19)14-7-6-12-4-3-5-13(12)10-14/h6-7,10-11,15,17H,3-5,8-9,16H2,1-2H3. The zero-order valence-electron chi connectivity index (χ0n) is 12.2. The number of rotatable bonds is 6. The van der Waals surface area contributed by atoms with Gasteiger partial charge in [0.05, 0.1) is 4.90 Å². The Morgan fingerprint density at radius 3 is 2.60 bits per heavy atom. The number of nitrogens with two attached hydrogens (primary N) is 1. The summed E-state index contributed by atoms with van der Waals surface area (Å²) in [6.07, 6.45) is 3.82. The van der Waals surface area contributed by atoms with Crippen molar-refractivity contribution in [1.82, 2.24) is 4.72 Å². The van der Waals surface area contributed by atoms with Gasteiger partial charge in [-0.25, -0.2) is 13.1 Å². The van der Waals surface area contributed by atoms with E-state index in [2.05, 4.69) is 4.72 Å². The lowest BCUT2D eigenvalue weighted by molar-refractivity contribution is 0.428. The monoisotopic (exact) mass is 296 g/mol. The maximum Gasteiger partial charge on any atom is 0.240 e. The van der Waals surface area contributed by atoms with Crippen molar-refractivity contribution in [2.75, 3.05) is 6.54 Å². The molecule has 0 amide bonds. The third kappa shape index (κ3) is 3.40. The summed E-state index contributed by atoms with van der Waals surface area (Å²) in [7, 11) is -3.45. The Labute approximate surface area is 121 Å². The minimum atomic E-state index is -3.45. The number of aryl methyl sites for hydroxylation is 2. The van der Waals surface area contributed by atoms with Crippen LogP contribution < -0.4 is 10.5 Å². The van der Waals surface area contributed by atoms with Crippen molar-refractivity contribution >= 4 is 10.0 Å². The Morgan fingerprint density at radius 1 is 1.25 bits per heavy atom. The van der Waals surface area contributed by atoms with Gasteiger partial charge in [-0.2, -0.15) is 0 Å². The number of hydrogen-bond acceptors (Lipinski definition) is 3. The zero-order chi connectivity index (χ0) is 14.8. The predicted molar refractivity (Wildman–Crippen MR) is 81.1 cm³/mol. The van der Waals surface area contributed by atoms with Crippen molar-refractivity contribution in [3.63, 3.8) is 0 Å². The van der Waals surface area contributed by atoms with E-state index in [1.807, 2.05) is 26.0 Å². The lowest BCUT2D eigenvalue weighted by atomic mass is 10.0. The van der Waals surface area contributed by atoms with Gasteiger partial charge >= 0.3 is 0 Å². The topological polar surface area (TPSA) is 72.2 Å². The minimum absolute atomic E-state index is 0.113. The van der Waals surface area contributed by atoms with E-state index in [9.17, 15) is 8.42 Å². The molecule has 0 fully saturated rings. The third-order valence-corrected chi connectivity index (χ3v) is 5.46. The molecule has 0 saturated heterocycles. The van der Waals surface area contributed by atoms with E-state index >= 15 is 0 Å². The SMILES string of the molecule is CC(C)C(CCN)NS(=O)(=O)c1ccc2c(c1)CCC2. The van der Waals surface area contributed by atoms with E-state index in [0.29, 0.717) is 17.9 Å². The first-order chi connectivity index (χ1) is 9.44. The van der Waals surface area contributed by atoms with Crippen molar-refractivity contribution < 1.29 is 8.42 Å². The molecule has 2 rings (SSSR count). The molecule has 0 bridgehead atoms. The Balaban J connectivity index is 2.21. The molecule has 1 atom stereocenters. The predicted octanol–water partition coefficient (Wildman–Crippen LogP) is 1.83. The van der Waals surface area contributed by atoms with Crippen molar-refractivity contribution in [2.24, 2.45) is 11.7 Å². The quantitative estimate of drug-likeness (QED) is 0.841. The highest BCUT2D eigenvalue weighted by Crippen LogP contribution is 2.25. The Kier molecular flexibility index (Phi) is 4.83. The van der Waals surface area contributed by atoms with Crippen LogP contribution in [-0.4, -0.2) is 21.0 Å². The van der Waals surface area contributed by atoms with Crippen LogP contribution in [0, 0.1) is 5.92 Å². The molecule has 1 aromatic rings. The summed E-state index contributed by atoms with van der Waals surface area (Å²) in [5.41, 5.74) is 8.02. The van der Waals surface area contributed by atoms with E-state index in [-0.39, 0.29) is 12.0 Å². The van der Waals surface area contributed by atoms with Gasteiger partial charge in [0.2, 0.25) is 10.0 Å². The van der Waals surface area contributed by atoms with Crippen LogP contribution >= 0.6 is 0 Å². The Hall–Kier alpha value is -0.910. The van der Waals surface area contributed by atoms with Gasteiger partial charge in [-0.15, -0.1) is 0 Å². The van der Waals surface area contributed by atoms with E-state index in [4.69, 9.17) is 5.73 Å². The first-order valence-corrected chi connectivity index (χ1v) is 8.76. The van der Waals surface area contributed by atoms with Gasteiger partial charge in [0.25, 0.3) is 0 Å². The fourth-order valence-electron chi connectivity index (χ4n) is 2.69. The minimum Gasteiger partial charge on any atom is -0.330 e. The van der Waals surface area contributed by atoms with Crippen LogP contribution in [0.3, 0.4) is 0 Å². The van der Waals surface area contributed by atoms with E-state index in [1.165, 1.54) is 11.1 Å². The molecular formula is C15H24N2O2S. The molecule has 0 aromatic heterocycles. The molecule has 0 radical (unpaired) electrons. The number of hydrogen-bond donors (Lipinski definition) is 2. The van der Waals surface area contributed by atoms with Gasteiger partial charge in [0.1, 0.15) is 0 Å². The zero-order valence-corrected chi connectivity index (χ0v) is 13.0. The summed E-state index contributed by atoms with van der Waals surface area (Å²) < 4.78 is 27.7. The summed E-state index contributed by atoms with van der Waals surface area (Å²) in [5.74, 6) is 0.225. The fourth-order valence-corrected chi connectivity index (χ4v) is 4.16. The molecular weight excluding hydrogens is 272 g/mol. The summed E-state index contributed by atoms with van der Waals surface area (Å²) in [6, 6.07) is 5.37. The van der Waals surface area contributed by atoms with Crippen LogP contribution in [0.2, 0.25) is 0 Å². The van der Waals surface area contributed by atoms with E-state index in [0.717, 1.165) is 19.3 Å². The van der Waals surface area contributed by atoms with Gasteiger partial charge in [-0.1, -0.05) is 19.9 Å². The van der Waals surface area contributed by atoms with Crippen molar-refractivity contribution in [3.05, 3.63) is 29.3 Å². The smallest absolute Gasteiger partial charge is 0.240 e. The van der Waals surface area contributed by atoms with Gasteiger partial charge in [-0.05, 0) is 61.4 Å². The van der Waals surface area contributed by atoms with Crippen molar-refractivity contribution in [3.8, 4) is 0 Å². The Bertz CT molecular complexity index is 567. The summed E-state index contributed by atoms with van der Waals surface area (Å²) >= 11 is 0. The van der Waals surface area contributed by atoms with Crippen molar-refractivity contribution in [2.45, 2.75) is 50.5 Å². The second kappa shape index (κ2) is 6.24. The molecule has 0 aliphatic heterocycles. The van der Waals surface area contributed by atoms with E-state index in [1.54, 1.807) is 6.07 Å². The van der Waals surface area contributed by atoms with Gasteiger partial charge < -0.3 is 5.73 Å². The summed E-state index contributed by atoms with van der Waals surface area (Å²) in [4.78, 5) is 0.376. The average molecular weight is 296 g/mol. The van der Waals surface area contributed by atoms with Gasteiger partial charge in [0.15, 0.2) is 0 Å². The highest BCUT2D eigenvalue weighted by Gasteiger charge is 2.23. The Morgan fingerprint density at radius 2 is 1.95 bits per heavy atom. The number of benzene rings is 1. The van der Waals surface area contributed by atoms with Crippen LogP contribution in [-0.2, 0) is 22.9 Å². The number of sulfonamides is 1. The second-order valence-electron chi connectivity index (χ2n) is 5.83. The average Bonchev–Trinajstić information content (AvgIpc) is 2.85. The van der Waals surface area contributed by atoms with E-state index < -0.39 is 10.0 Å². The highest BCUT2D eigenvalue weighted by atomic mass is 32.2. The molecule has 0 spiro atoms. The molecule has 20 heavy (non-hydrogen) atoms. The molecule has 0 heterocycles. The summed E-state index contributed by atoms with van der Waals surface area (Å²) in [6.45, 7) is 4.49. The lowest BCUT2D eigenvalue weighted by Gasteiger charge is -2.21. The first kappa shape index (κ1) is 15.5. The normalized spacial score (nSPS) is 16.4. The lowest BCUT2D eigenvalue weighted by Crippen LogP contribution is -2.39. The molecule has 1 aromatic carbocycles. The molecule has 4 nitrogen and oxygen atoms in total. The van der Waals surface area contributed by atoms with Crippen molar-refractivity contribution in [1.29, 1.82) is 0 Å². The van der Waals surface area contributed by atoms with Crippen LogP contribution in [0.1, 0.15) is 37.8 Å². The molecule has 112 valence electrons. The molecule has 1 aliphatic carbocycles. The third-order valence-electron chi connectivity index (χ3n) is 3.97. The van der Waals surface area contributed by atoms with Crippen LogP contribution in [0.25, 0.3) is 0 Å². The van der Waals surface area contributed by atoms with Gasteiger partial charge in [-0.3, -0.25) is 0 Å². The largest absolute Gasteiger partial charge is 0.330 e. The molecule has 1 aliphatic rings. The van der Waals surface area contributed by atoms with Crippen LogP contribution in [0.4, 0.5) is 0 Å². The molecule has 1 unspecified atom stereocenters. The molecule has 5 heteroatoms. The number of nitrogens with one attached hydrogen (secondary N) is 1. The van der Waals surface area contributed by atoms with Gasteiger partial charge in [0, 0.05) is 6.04 Å². The van der Waals surface area contributed by atoms with Crippen LogP contribution in [0.5, 0.6) is 0 Å². The summed E-state index contributed by atoms with van der Waals surface area (Å²) in [5, 5.41) is 0. The fraction of sp³-hybridized carbons (Fsp3) is 0.600. The molecule has 0 saturated carbocycles. The molecule has 3 N–H and O–H groups in total. The van der Waals surface area contributed by atoms with Crippen LogP contribution in [0.15, 0.2) is 23.1 Å². The first-order valence-electron chi connectivity index (χ1n) is 7.28. The second-order valence-corrected chi connectivity index (χ2v) is 7.55. The maximum atomic E-state index is 12.5.